The van der Waals surface area contributed by atoms with Crippen LogP contribution in [-0.4, -0.2) is 20.1 Å². The van der Waals surface area contributed by atoms with E-state index < -0.39 is 11.3 Å². The fourth-order valence-electron chi connectivity index (χ4n) is 0.919. The van der Waals surface area contributed by atoms with Crippen molar-refractivity contribution >= 4 is 11.3 Å². The molecule has 0 heterocycles. The van der Waals surface area contributed by atoms with Gasteiger partial charge in [-0.3, -0.25) is 4.21 Å². The Morgan fingerprint density at radius 2 is 2.36 bits per heavy atom. The topological polar surface area (TPSA) is 43.4 Å². The summed E-state index contributed by atoms with van der Waals surface area (Å²) in [5, 5.41) is 0. The molecule has 62 valence electrons. The molecule has 0 radical (unpaired) electrons. The summed E-state index contributed by atoms with van der Waals surface area (Å²) in [6, 6.07) is 0. The van der Waals surface area contributed by atoms with Crippen LogP contribution in [0.2, 0.25) is 0 Å². The molecule has 0 saturated carbocycles. The minimum atomic E-state index is -2.14. The number of likely N-dealkylation sites (N-methyl/N-ethyl adjacent to an activating group) is 1. The van der Waals surface area contributed by atoms with Gasteiger partial charge < -0.3 is 8.86 Å². The molecule has 0 spiro atoms. The van der Waals surface area contributed by atoms with Gasteiger partial charge in [0, 0.05) is 24.0 Å². The van der Waals surface area contributed by atoms with E-state index in [4.69, 9.17) is 0 Å². The van der Waals surface area contributed by atoms with Crippen molar-refractivity contribution in [2.75, 3.05) is 7.05 Å². The zero-order valence-corrected chi connectivity index (χ0v) is 7.13. The molecule has 0 bridgehead atoms. The standard InChI is InChI=1S/C7H11NO2S/c1-8(11(9)10)7-5-3-2-4-6-7/h3,5-6H,2,4H2,1H3,(H,9,10)/p-1. The fourth-order valence-corrected chi connectivity index (χ4v) is 1.23. The molecule has 1 aliphatic rings. The number of allylic oxidation sites excluding steroid dienone is 3. The Kier molecular flexibility index (Phi) is 2.84. The van der Waals surface area contributed by atoms with Gasteiger partial charge in [0.2, 0.25) is 0 Å². The normalized spacial score (nSPS) is 19.3. The van der Waals surface area contributed by atoms with E-state index in [-0.39, 0.29) is 0 Å². The van der Waals surface area contributed by atoms with E-state index in [0.29, 0.717) is 0 Å². The van der Waals surface area contributed by atoms with Gasteiger partial charge in [-0.25, -0.2) is 0 Å². The van der Waals surface area contributed by atoms with Crippen molar-refractivity contribution in [3.05, 3.63) is 23.9 Å². The minimum absolute atomic E-state index is 0.754. The Morgan fingerprint density at radius 1 is 1.64 bits per heavy atom. The molecule has 0 N–H and O–H groups in total. The molecule has 1 atom stereocenters. The molecular weight excluding hydrogens is 162 g/mol. The van der Waals surface area contributed by atoms with Gasteiger partial charge in [-0.1, -0.05) is 12.2 Å². The maximum Gasteiger partial charge on any atom is 0.0472 e. The van der Waals surface area contributed by atoms with E-state index >= 15 is 0 Å². The van der Waals surface area contributed by atoms with Crippen LogP contribution in [0.15, 0.2) is 23.9 Å². The van der Waals surface area contributed by atoms with Crippen molar-refractivity contribution in [2.24, 2.45) is 0 Å². The zero-order valence-electron chi connectivity index (χ0n) is 6.32. The molecule has 0 aromatic carbocycles. The molecule has 0 aromatic heterocycles. The predicted molar refractivity (Wildman–Crippen MR) is 43.1 cm³/mol. The Hall–Kier alpha value is -0.610. The summed E-state index contributed by atoms with van der Waals surface area (Å²) in [5.41, 5.74) is 0.754. The van der Waals surface area contributed by atoms with Crippen LogP contribution in [0.1, 0.15) is 12.8 Å². The quantitative estimate of drug-likeness (QED) is 0.582. The van der Waals surface area contributed by atoms with Crippen LogP contribution in [-0.2, 0) is 11.3 Å². The van der Waals surface area contributed by atoms with E-state index in [0.717, 1.165) is 18.5 Å². The van der Waals surface area contributed by atoms with Crippen molar-refractivity contribution < 1.29 is 8.76 Å². The highest BCUT2D eigenvalue weighted by molar-refractivity contribution is 7.76. The lowest BCUT2D eigenvalue weighted by Gasteiger charge is -2.23. The van der Waals surface area contributed by atoms with Gasteiger partial charge in [-0.05, 0) is 18.9 Å². The molecule has 1 aliphatic carbocycles. The van der Waals surface area contributed by atoms with Gasteiger partial charge in [0.05, 0.1) is 0 Å². The van der Waals surface area contributed by atoms with E-state index in [1.807, 2.05) is 18.2 Å². The first-order valence-electron chi connectivity index (χ1n) is 3.41. The van der Waals surface area contributed by atoms with E-state index in [1.54, 1.807) is 0 Å². The van der Waals surface area contributed by atoms with Crippen LogP contribution in [0, 0.1) is 0 Å². The van der Waals surface area contributed by atoms with E-state index in [1.165, 1.54) is 11.4 Å². The Balaban J connectivity index is 2.66. The van der Waals surface area contributed by atoms with Gasteiger partial charge in [-0.15, -0.1) is 0 Å². The van der Waals surface area contributed by atoms with Crippen LogP contribution in [0.5, 0.6) is 0 Å². The van der Waals surface area contributed by atoms with Gasteiger partial charge >= 0.3 is 0 Å². The average molecular weight is 172 g/mol. The Morgan fingerprint density at radius 3 is 2.82 bits per heavy atom. The summed E-state index contributed by atoms with van der Waals surface area (Å²) in [5.74, 6) is 0. The second kappa shape index (κ2) is 3.69. The first-order chi connectivity index (χ1) is 5.22. The number of nitrogens with zero attached hydrogens (tertiary/aromatic N) is 1. The second-order valence-corrected chi connectivity index (χ2v) is 3.31. The molecular formula is C7H10NO2S-. The van der Waals surface area contributed by atoms with Crippen LogP contribution in [0.4, 0.5) is 0 Å². The van der Waals surface area contributed by atoms with Gasteiger partial charge in [0.15, 0.2) is 0 Å². The van der Waals surface area contributed by atoms with Crippen LogP contribution >= 0.6 is 0 Å². The SMILES string of the molecule is CN(C1=CCCC=C1)S(=O)[O-]. The highest BCUT2D eigenvalue weighted by Crippen LogP contribution is 2.13. The van der Waals surface area contributed by atoms with Crippen LogP contribution in [0.3, 0.4) is 0 Å². The van der Waals surface area contributed by atoms with Gasteiger partial charge in [-0.2, -0.15) is 0 Å². The lowest BCUT2D eigenvalue weighted by molar-refractivity contribution is 0.476. The molecule has 4 heteroatoms. The smallest absolute Gasteiger partial charge is 0.0472 e. The van der Waals surface area contributed by atoms with Crippen LogP contribution in [0.25, 0.3) is 0 Å². The maximum atomic E-state index is 10.4. The van der Waals surface area contributed by atoms with Crippen molar-refractivity contribution in [2.45, 2.75) is 12.8 Å². The molecule has 1 rings (SSSR count). The monoisotopic (exact) mass is 172 g/mol. The summed E-state index contributed by atoms with van der Waals surface area (Å²) in [7, 11) is 1.53. The molecule has 1 unspecified atom stereocenters. The third-order valence-corrected chi connectivity index (χ3v) is 2.22. The summed E-state index contributed by atoms with van der Waals surface area (Å²) < 4.78 is 22.1. The molecule has 0 aliphatic heterocycles. The van der Waals surface area contributed by atoms with Crippen molar-refractivity contribution in [3.8, 4) is 0 Å². The minimum Gasteiger partial charge on any atom is -0.755 e. The molecule has 0 saturated heterocycles. The van der Waals surface area contributed by atoms with Crippen LogP contribution < -0.4 is 0 Å². The number of hydrogen-bond acceptors (Lipinski definition) is 2. The van der Waals surface area contributed by atoms with Crippen molar-refractivity contribution in [3.63, 3.8) is 0 Å². The summed E-state index contributed by atoms with van der Waals surface area (Å²) >= 11 is -2.14. The lowest BCUT2D eigenvalue weighted by atomic mass is 10.1. The zero-order chi connectivity index (χ0) is 8.27. The molecule has 0 amide bonds. The number of rotatable bonds is 2. The molecule has 0 fully saturated rings. The highest BCUT2D eigenvalue weighted by atomic mass is 32.2. The molecule has 0 aromatic rings. The highest BCUT2D eigenvalue weighted by Gasteiger charge is 2.02. The predicted octanol–water partition coefficient (Wildman–Crippen LogP) is 0.946. The average Bonchev–Trinajstić information content (AvgIpc) is 2.05. The van der Waals surface area contributed by atoms with E-state index in [2.05, 4.69) is 0 Å². The Bertz CT molecular complexity index is 222. The van der Waals surface area contributed by atoms with Crippen molar-refractivity contribution in [1.82, 2.24) is 4.31 Å². The van der Waals surface area contributed by atoms with Gasteiger partial charge in [0.25, 0.3) is 0 Å². The first kappa shape index (κ1) is 8.49. The lowest BCUT2D eigenvalue weighted by Crippen LogP contribution is -2.19. The van der Waals surface area contributed by atoms with Gasteiger partial charge in [0.1, 0.15) is 0 Å². The van der Waals surface area contributed by atoms with E-state index in [9.17, 15) is 8.76 Å². The first-order valence-corrected chi connectivity index (χ1v) is 4.45. The third-order valence-electron chi connectivity index (χ3n) is 1.56. The number of hydrogen-bond donors (Lipinski definition) is 0. The molecule has 11 heavy (non-hydrogen) atoms. The largest absolute Gasteiger partial charge is 0.755 e. The summed E-state index contributed by atoms with van der Waals surface area (Å²) in [4.78, 5) is 0. The molecule has 3 nitrogen and oxygen atoms in total. The Labute approximate surface area is 68.8 Å². The third kappa shape index (κ3) is 2.17. The van der Waals surface area contributed by atoms with Crippen molar-refractivity contribution in [1.29, 1.82) is 0 Å². The summed E-state index contributed by atoms with van der Waals surface area (Å²) in [6.45, 7) is 0. The maximum absolute atomic E-state index is 10.4. The summed E-state index contributed by atoms with van der Waals surface area (Å²) in [6.07, 6.45) is 7.63. The second-order valence-electron chi connectivity index (χ2n) is 2.32. The fraction of sp³-hybridized carbons (Fsp3) is 0.429.